The first-order chi connectivity index (χ1) is 17.3. The van der Waals surface area contributed by atoms with Gasteiger partial charge in [0.05, 0.1) is 33.4 Å². The molecular formula is C25H26F6N2O3S. The normalized spacial score (nSPS) is 19.9. The molecular weight excluding hydrogens is 522 g/mol. The summed E-state index contributed by atoms with van der Waals surface area (Å²) in [5.74, 6) is -1.13. The Bertz CT molecular complexity index is 1230. The number of hydrogen-bond donors (Lipinski definition) is 2. The number of carbonyl (C=O) groups excluding carboxylic acids is 1. The molecule has 1 saturated carbocycles. The van der Waals surface area contributed by atoms with Gasteiger partial charge >= 0.3 is 12.4 Å². The zero-order chi connectivity index (χ0) is 27.0. The third-order valence-corrected chi connectivity index (χ3v) is 8.59. The highest BCUT2D eigenvalue weighted by molar-refractivity contribution is 7.91. The van der Waals surface area contributed by atoms with E-state index in [4.69, 9.17) is 0 Å². The van der Waals surface area contributed by atoms with Gasteiger partial charge in [0, 0.05) is 6.04 Å². The minimum Gasteiger partial charge on any atom is -0.344 e. The molecule has 5 nitrogen and oxygen atoms in total. The van der Waals surface area contributed by atoms with Crippen LogP contribution in [0.5, 0.6) is 0 Å². The maximum atomic E-state index is 13.6. The molecule has 0 radical (unpaired) electrons. The van der Waals surface area contributed by atoms with Gasteiger partial charge in [-0.15, -0.1) is 0 Å². The summed E-state index contributed by atoms with van der Waals surface area (Å²) in [7, 11) is -3.51. The van der Waals surface area contributed by atoms with Crippen LogP contribution in [0.4, 0.5) is 26.3 Å². The van der Waals surface area contributed by atoms with Crippen LogP contribution in [0.2, 0.25) is 0 Å². The summed E-state index contributed by atoms with van der Waals surface area (Å²) in [6.07, 6.45) is -6.10. The van der Waals surface area contributed by atoms with Crippen LogP contribution in [0.1, 0.15) is 65.2 Å². The highest BCUT2D eigenvalue weighted by Crippen LogP contribution is 2.37. The summed E-state index contributed by atoms with van der Waals surface area (Å²) in [6, 6.07) is 5.19. The van der Waals surface area contributed by atoms with E-state index in [1.165, 1.54) is 24.3 Å². The van der Waals surface area contributed by atoms with E-state index < -0.39 is 56.9 Å². The molecule has 1 aliphatic heterocycles. The Balaban J connectivity index is 1.66. The smallest absolute Gasteiger partial charge is 0.344 e. The first kappa shape index (κ1) is 27.4. The molecule has 2 fully saturated rings. The van der Waals surface area contributed by atoms with Crippen LogP contribution in [0, 0.1) is 5.92 Å². The molecule has 2 atom stereocenters. The Morgan fingerprint density at radius 2 is 1.62 bits per heavy atom. The Labute approximate surface area is 210 Å². The SMILES string of the molecule is O=C(N[C@H](c1ccc(S(=O)(=O)CC2CC2)cc1)C1CCCCN1)c1cc(C(F)(F)F)ccc1C(F)(F)F. The Hall–Kier alpha value is -2.60. The molecule has 0 aromatic heterocycles. The molecule has 1 heterocycles. The number of alkyl halides is 6. The van der Waals surface area contributed by atoms with Gasteiger partial charge in [-0.25, -0.2) is 8.42 Å². The lowest BCUT2D eigenvalue weighted by atomic mass is 9.92. The maximum Gasteiger partial charge on any atom is 0.417 e. The van der Waals surface area contributed by atoms with Crippen molar-refractivity contribution in [3.8, 4) is 0 Å². The first-order valence-corrected chi connectivity index (χ1v) is 13.6. The van der Waals surface area contributed by atoms with E-state index in [1.54, 1.807) is 0 Å². The molecule has 1 amide bonds. The molecule has 2 aromatic rings. The molecule has 37 heavy (non-hydrogen) atoms. The third kappa shape index (κ3) is 6.64. The maximum absolute atomic E-state index is 13.6. The standard InChI is InChI=1S/C25H26F6N2O3S/c26-24(27,28)17-8-11-20(25(29,30)31)19(13-17)23(34)33-22(21-3-1-2-12-32-21)16-6-9-18(10-7-16)37(35,36)14-15-4-5-15/h6-11,13,15,21-22,32H,1-5,12,14H2,(H,33,34)/t21?,22-/m1/s1. The van der Waals surface area contributed by atoms with E-state index >= 15 is 0 Å². The van der Waals surface area contributed by atoms with Crippen molar-refractivity contribution >= 4 is 15.7 Å². The number of halogens is 6. The van der Waals surface area contributed by atoms with Crippen molar-refractivity contribution in [2.24, 2.45) is 5.92 Å². The van der Waals surface area contributed by atoms with Crippen LogP contribution in [-0.4, -0.2) is 32.7 Å². The summed E-state index contributed by atoms with van der Waals surface area (Å²) < 4.78 is 106. The van der Waals surface area contributed by atoms with Gasteiger partial charge in [0.2, 0.25) is 0 Å². The summed E-state index contributed by atoms with van der Waals surface area (Å²) in [6.45, 7) is 0.586. The minimum atomic E-state index is -5.05. The molecule has 0 spiro atoms. The third-order valence-electron chi connectivity index (χ3n) is 6.68. The monoisotopic (exact) mass is 548 g/mol. The fourth-order valence-corrected chi connectivity index (χ4v) is 6.22. The molecule has 1 aliphatic carbocycles. The number of rotatable bonds is 7. The van der Waals surface area contributed by atoms with Gasteiger partial charge < -0.3 is 10.6 Å². The van der Waals surface area contributed by atoms with Gasteiger partial charge in [0.15, 0.2) is 9.84 Å². The van der Waals surface area contributed by atoms with Crippen molar-refractivity contribution in [2.45, 2.75) is 61.4 Å². The zero-order valence-corrected chi connectivity index (χ0v) is 20.4. The molecule has 202 valence electrons. The van der Waals surface area contributed by atoms with Crippen molar-refractivity contribution in [2.75, 3.05) is 12.3 Å². The van der Waals surface area contributed by atoms with Crippen molar-refractivity contribution in [3.63, 3.8) is 0 Å². The topological polar surface area (TPSA) is 75.3 Å². The largest absolute Gasteiger partial charge is 0.417 e. The number of piperidine rings is 1. The first-order valence-electron chi connectivity index (χ1n) is 11.9. The van der Waals surface area contributed by atoms with Gasteiger partial charge in [0.1, 0.15) is 0 Å². The van der Waals surface area contributed by atoms with E-state index in [9.17, 15) is 39.6 Å². The predicted molar refractivity (Wildman–Crippen MR) is 124 cm³/mol. The molecule has 2 aromatic carbocycles. The second-order valence-corrected chi connectivity index (χ2v) is 11.6. The average molecular weight is 549 g/mol. The number of amides is 1. The van der Waals surface area contributed by atoms with Crippen molar-refractivity contribution in [1.29, 1.82) is 0 Å². The Morgan fingerprint density at radius 1 is 0.946 bits per heavy atom. The molecule has 12 heteroatoms. The highest BCUT2D eigenvalue weighted by atomic mass is 32.2. The van der Waals surface area contributed by atoms with Crippen molar-refractivity contribution in [1.82, 2.24) is 10.6 Å². The van der Waals surface area contributed by atoms with Crippen LogP contribution in [0.25, 0.3) is 0 Å². The van der Waals surface area contributed by atoms with Gasteiger partial charge in [-0.2, -0.15) is 26.3 Å². The van der Waals surface area contributed by atoms with E-state index in [0.717, 1.165) is 25.7 Å². The molecule has 1 saturated heterocycles. The Kier molecular flexibility index (Phi) is 7.62. The van der Waals surface area contributed by atoms with E-state index in [2.05, 4.69) is 10.6 Å². The summed E-state index contributed by atoms with van der Waals surface area (Å²) in [5.41, 5.74) is -3.55. The van der Waals surface area contributed by atoms with E-state index in [1.807, 2.05) is 0 Å². The van der Waals surface area contributed by atoms with Crippen molar-refractivity contribution in [3.05, 3.63) is 64.7 Å². The van der Waals surface area contributed by atoms with Gasteiger partial charge in [-0.1, -0.05) is 18.6 Å². The second-order valence-electron chi connectivity index (χ2n) is 9.56. The second kappa shape index (κ2) is 10.3. The lowest BCUT2D eigenvalue weighted by Crippen LogP contribution is -2.46. The molecule has 1 unspecified atom stereocenters. The Morgan fingerprint density at radius 3 is 2.16 bits per heavy atom. The quantitative estimate of drug-likeness (QED) is 0.447. The highest BCUT2D eigenvalue weighted by Gasteiger charge is 2.39. The van der Waals surface area contributed by atoms with Crippen LogP contribution >= 0.6 is 0 Å². The van der Waals surface area contributed by atoms with E-state index in [-0.39, 0.29) is 28.7 Å². The van der Waals surface area contributed by atoms with Crippen LogP contribution in [0.15, 0.2) is 47.4 Å². The lowest BCUT2D eigenvalue weighted by molar-refractivity contribution is -0.141. The molecule has 0 bridgehead atoms. The van der Waals surface area contributed by atoms with E-state index in [0.29, 0.717) is 24.6 Å². The molecule has 4 rings (SSSR count). The zero-order valence-electron chi connectivity index (χ0n) is 19.6. The average Bonchev–Trinajstić information content (AvgIpc) is 3.65. The van der Waals surface area contributed by atoms with Gasteiger partial charge in [-0.3, -0.25) is 4.79 Å². The fraction of sp³-hybridized carbons (Fsp3) is 0.480. The number of sulfone groups is 1. The van der Waals surface area contributed by atoms with Crippen LogP contribution in [0.3, 0.4) is 0 Å². The van der Waals surface area contributed by atoms with Crippen LogP contribution in [-0.2, 0) is 22.2 Å². The van der Waals surface area contributed by atoms with Crippen molar-refractivity contribution < 1.29 is 39.6 Å². The van der Waals surface area contributed by atoms with Crippen LogP contribution < -0.4 is 10.6 Å². The number of benzene rings is 2. The number of carbonyl (C=O) groups is 1. The fourth-order valence-electron chi connectivity index (χ4n) is 4.53. The summed E-state index contributed by atoms with van der Waals surface area (Å²) in [4.78, 5) is 13.2. The minimum absolute atomic E-state index is 0.0342. The van der Waals surface area contributed by atoms with Gasteiger partial charge in [0.25, 0.3) is 5.91 Å². The number of hydrogen-bond acceptors (Lipinski definition) is 4. The predicted octanol–water partition coefficient (Wildman–Crippen LogP) is 5.52. The summed E-state index contributed by atoms with van der Waals surface area (Å²) in [5, 5.41) is 5.69. The molecule has 2 N–H and O–H groups in total. The number of nitrogens with one attached hydrogen (secondary N) is 2. The summed E-state index contributed by atoms with van der Waals surface area (Å²) >= 11 is 0. The van der Waals surface area contributed by atoms with Gasteiger partial charge in [-0.05, 0) is 74.0 Å². The molecule has 2 aliphatic rings. The lowest BCUT2D eigenvalue weighted by Gasteiger charge is -2.32.